The molecule has 0 saturated heterocycles. The summed E-state index contributed by atoms with van der Waals surface area (Å²) in [6, 6.07) is 7.69. The monoisotopic (exact) mass is 270 g/mol. The van der Waals surface area contributed by atoms with Crippen molar-refractivity contribution in [3.63, 3.8) is 0 Å². The highest BCUT2D eigenvalue weighted by Gasteiger charge is 2.12. The Kier molecular flexibility index (Phi) is 8.06. The predicted molar refractivity (Wildman–Crippen MR) is 75.9 cm³/mol. The zero-order chi connectivity index (χ0) is 13.2. The summed E-state index contributed by atoms with van der Waals surface area (Å²) >= 11 is 6.00. The molecule has 0 atom stereocenters. The maximum atomic E-state index is 6.00. The average molecular weight is 271 g/mol. The minimum atomic E-state index is -0.290. The van der Waals surface area contributed by atoms with Crippen molar-refractivity contribution in [2.45, 2.75) is 45.8 Å². The minimum Gasteiger partial charge on any atom is -0.348 e. The number of rotatable bonds is 9. The molecule has 2 nitrogen and oxygen atoms in total. The molecule has 0 amide bonds. The maximum absolute atomic E-state index is 6.00. The Bertz CT molecular complexity index is 318. The molecular weight excluding hydrogens is 248 g/mol. The number of hydrogen-bond donors (Lipinski definition) is 0. The van der Waals surface area contributed by atoms with Crippen LogP contribution in [0.4, 0.5) is 0 Å². The number of hydrogen-bond acceptors (Lipinski definition) is 2. The fourth-order valence-corrected chi connectivity index (χ4v) is 1.76. The zero-order valence-corrected chi connectivity index (χ0v) is 12.1. The molecule has 18 heavy (non-hydrogen) atoms. The topological polar surface area (TPSA) is 18.5 Å². The lowest BCUT2D eigenvalue weighted by atomic mass is 10.2. The second kappa shape index (κ2) is 9.37. The molecular formula is C15H23ClO2. The first kappa shape index (κ1) is 15.5. The molecule has 1 aromatic carbocycles. The van der Waals surface area contributed by atoms with Gasteiger partial charge in [-0.2, -0.15) is 0 Å². The van der Waals surface area contributed by atoms with Crippen molar-refractivity contribution in [3.8, 4) is 0 Å². The second-order valence-corrected chi connectivity index (χ2v) is 4.77. The Labute approximate surface area is 115 Å². The normalized spacial score (nSPS) is 11.1. The van der Waals surface area contributed by atoms with Gasteiger partial charge in [-0.15, -0.1) is 0 Å². The highest BCUT2D eigenvalue weighted by molar-refractivity contribution is 6.30. The van der Waals surface area contributed by atoms with Crippen LogP contribution in [0.3, 0.4) is 0 Å². The minimum absolute atomic E-state index is 0.290. The van der Waals surface area contributed by atoms with Crippen molar-refractivity contribution in [1.29, 1.82) is 0 Å². The number of unbranched alkanes of at least 4 members (excludes halogenated alkanes) is 2. The average Bonchev–Trinajstić information content (AvgIpc) is 2.37. The molecule has 0 aliphatic heterocycles. The van der Waals surface area contributed by atoms with Crippen LogP contribution in [0.2, 0.25) is 5.02 Å². The van der Waals surface area contributed by atoms with Gasteiger partial charge in [-0.25, -0.2) is 0 Å². The summed E-state index contributed by atoms with van der Waals surface area (Å²) in [5.41, 5.74) is 0.995. The molecule has 0 aliphatic rings. The predicted octanol–water partition coefficient (Wildman–Crippen LogP) is 4.97. The van der Waals surface area contributed by atoms with Crippen LogP contribution in [-0.2, 0) is 9.47 Å². The van der Waals surface area contributed by atoms with Gasteiger partial charge in [-0.1, -0.05) is 50.4 Å². The van der Waals surface area contributed by atoms with E-state index in [4.69, 9.17) is 21.1 Å². The van der Waals surface area contributed by atoms with Gasteiger partial charge in [0.05, 0.1) is 13.2 Å². The van der Waals surface area contributed by atoms with Gasteiger partial charge in [-0.05, 0) is 25.0 Å². The fraction of sp³-hybridized carbons (Fsp3) is 0.600. The van der Waals surface area contributed by atoms with Crippen LogP contribution in [0.5, 0.6) is 0 Å². The maximum Gasteiger partial charge on any atom is 0.183 e. The molecule has 0 unspecified atom stereocenters. The molecule has 0 aliphatic carbocycles. The first-order valence-electron chi connectivity index (χ1n) is 6.76. The standard InChI is InChI=1S/C15H23ClO2/c1-3-5-10-17-15(18-11-6-4-2)13-8-7-9-14(16)12-13/h7-9,12,15H,3-6,10-11H2,1-2H3. The third kappa shape index (κ3) is 5.85. The molecule has 0 radical (unpaired) electrons. The van der Waals surface area contributed by atoms with E-state index in [0.717, 1.165) is 49.5 Å². The van der Waals surface area contributed by atoms with Crippen molar-refractivity contribution in [2.75, 3.05) is 13.2 Å². The van der Waals surface area contributed by atoms with E-state index >= 15 is 0 Å². The van der Waals surface area contributed by atoms with Gasteiger partial charge in [0.25, 0.3) is 0 Å². The summed E-state index contributed by atoms with van der Waals surface area (Å²) in [6.07, 6.45) is 4.05. The third-order valence-electron chi connectivity index (χ3n) is 2.66. The molecule has 0 fully saturated rings. The van der Waals surface area contributed by atoms with E-state index in [1.165, 1.54) is 0 Å². The Hall–Kier alpha value is -0.570. The van der Waals surface area contributed by atoms with Crippen LogP contribution in [0.1, 0.15) is 51.4 Å². The number of benzene rings is 1. The summed E-state index contributed by atoms with van der Waals surface area (Å²) < 4.78 is 11.6. The zero-order valence-electron chi connectivity index (χ0n) is 11.3. The van der Waals surface area contributed by atoms with Crippen LogP contribution in [0, 0.1) is 0 Å². The number of ether oxygens (including phenoxy) is 2. The van der Waals surface area contributed by atoms with E-state index in [1.54, 1.807) is 0 Å². The van der Waals surface area contributed by atoms with E-state index in [9.17, 15) is 0 Å². The largest absolute Gasteiger partial charge is 0.348 e. The molecule has 0 N–H and O–H groups in total. The Morgan fingerprint density at radius 3 is 2.17 bits per heavy atom. The smallest absolute Gasteiger partial charge is 0.183 e. The molecule has 0 spiro atoms. The van der Waals surface area contributed by atoms with E-state index in [1.807, 2.05) is 24.3 Å². The first-order chi connectivity index (χ1) is 8.77. The van der Waals surface area contributed by atoms with Gasteiger partial charge in [0.15, 0.2) is 6.29 Å². The highest BCUT2D eigenvalue weighted by Crippen LogP contribution is 2.22. The van der Waals surface area contributed by atoms with E-state index in [2.05, 4.69) is 13.8 Å². The van der Waals surface area contributed by atoms with Gasteiger partial charge in [0.2, 0.25) is 0 Å². The summed E-state index contributed by atoms with van der Waals surface area (Å²) in [5.74, 6) is 0. The molecule has 0 aromatic heterocycles. The molecule has 1 rings (SSSR count). The van der Waals surface area contributed by atoms with Crippen LogP contribution in [0.25, 0.3) is 0 Å². The van der Waals surface area contributed by atoms with E-state index < -0.39 is 0 Å². The first-order valence-corrected chi connectivity index (χ1v) is 7.14. The lowest BCUT2D eigenvalue weighted by Gasteiger charge is -2.19. The van der Waals surface area contributed by atoms with E-state index in [0.29, 0.717) is 0 Å². The fourth-order valence-electron chi connectivity index (χ4n) is 1.56. The van der Waals surface area contributed by atoms with Crippen molar-refractivity contribution >= 4 is 11.6 Å². The van der Waals surface area contributed by atoms with E-state index in [-0.39, 0.29) is 6.29 Å². The van der Waals surface area contributed by atoms with Gasteiger partial charge in [0, 0.05) is 10.6 Å². The number of halogens is 1. The van der Waals surface area contributed by atoms with Crippen molar-refractivity contribution < 1.29 is 9.47 Å². The third-order valence-corrected chi connectivity index (χ3v) is 2.89. The Morgan fingerprint density at radius 2 is 1.67 bits per heavy atom. The summed E-state index contributed by atoms with van der Waals surface area (Å²) in [4.78, 5) is 0. The second-order valence-electron chi connectivity index (χ2n) is 4.34. The van der Waals surface area contributed by atoms with Crippen LogP contribution >= 0.6 is 11.6 Å². The van der Waals surface area contributed by atoms with Crippen molar-refractivity contribution in [2.24, 2.45) is 0 Å². The lowest BCUT2D eigenvalue weighted by Crippen LogP contribution is -2.11. The van der Waals surface area contributed by atoms with Crippen LogP contribution in [-0.4, -0.2) is 13.2 Å². The van der Waals surface area contributed by atoms with Gasteiger partial charge < -0.3 is 9.47 Å². The summed E-state index contributed by atoms with van der Waals surface area (Å²) in [7, 11) is 0. The lowest BCUT2D eigenvalue weighted by molar-refractivity contribution is -0.148. The molecule has 3 heteroatoms. The molecule has 0 saturated carbocycles. The Balaban J connectivity index is 2.57. The van der Waals surface area contributed by atoms with Crippen LogP contribution < -0.4 is 0 Å². The summed E-state index contributed by atoms with van der Waals surface area (Å²) in [6.45, 7) is 5.74. The molecule has 0 heterocycles. The quantitative estimate of drug-likeness (QED) is 0.466. The van der Waals surface area contributed by atoms with Crippen LogP contribution in [0.15, 0.2) is 24.3 Å². The van der Waals surface area contributed by atoms with Crippen molar-refractivity contribution in [3.05, 3.63) is 34.9 Å². The van der Waals surface area contributed by atoms with Crippen molar-refractivity contribution in [1.82, 2.24) is 0 Å². The Morgan fingerprint density at radius 1 is 1.06 bits per heavy atom. The van der Waals surface area contributed by atoms with Gasteiger partial charge in [0.1, 0.15) is 0 Å². The SMILES string of the molecule is CCCCOC(OCCCC)c1cccc(Cl)c1. The molecule has 1 aromatic rings. The molecule has 102 valence electrons. The molecule has 0 bridgehead atoms. The van der Waals surface area contributed by atoms with Gasteiger partial charge >= 0.3 is 0 Å². The highest BCUT2D eigenvalue weighted by atomic mass is 35.5. The summed E-state index contributed by atoms with van der Waals surface area (Å²) in [5, 5.41) is 0.718. The van der Waals surface area contributed by atoms with Gasteiger partial charge in [-0.3, -0.25) is 0 Å².